The predicted molar refractivity (Wildman–Crippen MR) is 86.1 cm³/mol. The van der Waals surface area contributed by atoms with Crippen LogP contribution >= 0.6 is 0 Å². The fourth-order valence-corrected chi connectivity index (χ4v) is 3.03. The summed E-state index contributed by atoms with van der Waals surface area (Å²) in [7, 11) is 0. The lowest BCUT2D eigenvalue weighted by molar-refractivity contribution is 0.361. The third kappa shape index (κ3) is 3.59. The van der Waals surface area contributed by atoms with Crippen molar-refractivity contribution >= 4 is 10.8 Å². The van der Waals surface area contributed by atoms with E-state index in [0.717, 1.165) is 25.4 Å². The van der Waals surface area contributed by atoms with Gasteiger partial charge in [0.25, 0.3) is 0 Å². The van der Waals surface area contributed by atoms with Gasteiger partial charge in [0.2, 0.25) is 0 Å². The zero-order valence-corrected chi connectivity index (χ0v) is 12.1. The molecule has 0 aromatic heterocycles. The van der Waals surface area contributed by atoms with Gasteiger partial charge < -0.3 is 10.6 Å². The zero-order chi connectivity index (χ0) is 13.6. The van der Waals surface area contributed by atoms with Gasteiger partial charge in [-0.2, -0.15) is 0 Å². The molecule has 1 heterocycles. The molecule has 1 aliphatic heterocycles. The minimum absolute atomic E-state index is 0.820. The maximum absolute atomic E-state index is 3.61. The van der Waals surface area contributed by atoms with Crippen molar-refractivity contribution in [1.29, 1.82) is 0 Å². The minimum atomic E-state index is 0.820. The van der Waals surface area contributed by atoms with Crippen LogP contribution in [0.2, 0.25) is 0 Å². The lowest BCUT2D eigenvalue weighted by Gasteiger charge is -2.22. The van der Waals surface area contributed by atoms with E-state index in [2.05, 4.69) is 53.1 Å². The highest BCUT2D eigenvalue weighted by atomic mass is 14.9. The van der Waals surface area contributed by atoms with Crippen molar-refractivity contribution in [2.24, 2.45) is 5.92 Å². The zero-order valence-electron chi connectivity index (χ0n) is 12.1. The molecule has 2 aromatic carbocycles. The van der Waals surface area contributed by atoms with Gasteiger partial charge in [0.05, 0.1) is 0 Å². The van der Waals surface area contributed by atoms with Gasteiger partial charge in [-0.15, -0.1) is 0 Å². The smallest absolute Gasteiger partial charge is 0.000822 e. The van der Waals surface area contributed by atoms with Gasteiger partial charge in [-0.3, -0.25) is 0 Å². The van der Waals surface area contributed by atoms with Gasteiger partial charge >= 0.3 is 0 Å². The maximum atomic E-state index is 3.61. The van der Waals surface area contributed by atoms with Crippen molar-refractivity contribution in [3.8, 4) is 0 Å². The molecule has 20 heavy (non-hydrogen) atoms. The Morgan fingerprint density at radius 1 is 1.10 bits per heavy atom. The summed E-state index contributed by atoms with van der Waals surface area (Å²) >= 11 is 0. The van der Waals surface area contributed by atoms with E-state index in [1.807, 2.05) is 0 Å². The molecule has 106 valence electrons. The van der Waals surface area contributed by atoms with Gasteiger partial charge in [0, 0.05) is 0 Å². The quantitative estimate of drug-likeness (QED) is 0.815. The molecule has 0 radical (unpaired) electrons. The fourth-order valence-electron chi connectivity index (χ4n) is 3.03. The first-order valence-electron chi connectivity index (χ1n) is 7.81. The summed E-state index contributed by atoms with van der Waals surface area (Å²) in [5.74, 6) is 0.820. The molecular weight excluding hydrogens is 244 g/mol. The Morgan fingerprint density at radius 3 is 2.85 bits per heavy atom. The molecule has 2 N–H and O–H groups in total. The molecule has 2 aromatic rings. The molecular formula is C18H24N2. The van der Waals surface area contributed by atoms with Crippen LogP contribution in [0, 0.1) is 5.92 Å². The molecule has 2 nitrogen and oxygen atoms in total. The second-order valence-corrected chi connectivity index (χ2v) is 5.85. The van der Waals surface area contributed by atoms with E-state index < -0.39 is 0 Å². The number of piperidine rings is 1. The lowest BCUT2D eigenvalue weighted by atomic mass is 9.99. The van der Waals surface area contributed by atoms with E-state index in [0.29, 0.717) is 0 Å². The molecule has 0 saturated carbocycles. The first-order chi connectivity index (χ1) is 9.92. The Labute approximate surface area is 121 Å². The van der Waals surface area contributed by atoms with E-state index in [1.54, 1.807) is 0 Å². The van der Waals surface area contributed by atoms with Crippen molar-refractivity contribution in [3.05, 3.63) is 48.0 Å². The predicted octanol–water partition coefficient (Wildman–Crippen LogP) is 2.97. The van der Waals surface area contributed by atoms with Crippen LogP contribution in [0.3, 0.4) is 0 Å². The summed E-state index contributed by atoms with van der Waals surface area (Å²) in [6, 6.07) is 15.4. The van der Waals surface area contributed by atoms with Crippen molar-refractivity contribution in [1.82, 2.24) is 10.6 Å². The first kappa shape index (κ1) is 13.6. The number of fused-ring (bicyclic) bond motifs is 1. The average molecular weight is 268 g/mol. The summed E-state index contributed by atoms with van der Waals surface area (Å²) in [4.78, 5) is 0. The molecule has 0 spiro atoms. The van der Waals surface area contributed by atoms with Crippen LogP contribution in [-0.2, 0) is 6.42 Å². The maximum Gasteiger partial charge on any atom is -0.000822 e. The summed E-state index contributed by atoms with van der Waals surface area (Å²) in [6.45, 7) is 4.62. The van der Waals surface area contributed by atoms with Gasteiger partial charge in [0.15, 0.2) is 0 Å². The molecule has 0 amide bonds. The Morgan fingerprint density at radius 2 is 2.00 bits per heavy atom. The Hall–Kier alpha value is -1.38. The van der Waals surface area contributed by atoms with Crippen LogP contribution in [0.1, 0.15) is 18.4 Å². The van der Waals surface area contributed by atoms with Crippen LogP contribution < -0.4 is 10.6 Å². The molecule has 1 unspecified atom stereocenters. The van der Waals surface area contributed by atoms with Crippen LogP contribution in [0.5, 0.6) is 0 Å². The molecule has 0 bridgehead atoms. The van der Waals surface area contributed by atoms with Gasteiger partial charge in [-0.05, 0) is 67.7 Å². The van der Waals surface area contributed by atoms with Gasteiger partial charge in [-0.1, -0.05) is 42.5 Å². The van der Waals surface area contributed by atoms with Gasteiger partial charge in [0.1, 0.15) is 0 Å². The van der Waals surface area contributed by atoms with Crippen molar-refractivity contribution in [3.63, 3.8) is 0 Å². The van der Waals surface area contributed by atoms with E-state index in [1.165, 1.54) is 42.3 Å². The molecule has 2 heteroatoms. The third-order valence-electron chi connectivity index (χ3n) is 4.24. The van der Waals surface area contributed by atoms with Gasteiger partial charge in [-0.25, -0.2) is 0 Å². The molecule has 1 aliphatic rings. The lowest BCUT2D eigenvalue weighted by Crippen LogP contribution is -2.36. The average Bonchev–Trinajstić information content (AvgIpc) is 2.52. The third-order valence-corrected chi connectivity index (χ3v) is 4.24. The standard InChI is InChI=1S/C18H24N2/c1-2-6-18-12-15(7-8-17(18)5-1)9-11-20-14-16-4-3-10-19-13-16/h1-2,5-8,12,16,19-20H,3-4,9-11,13-14H2. The highest BCUT2D eigenvalue weighted by Gasteiger charge is 2.11. The number of rotatable bonds is 5. The van der Waals surface area contributed by atoms with E-state index >= 15 is 0 Å². The minimum Gasteiger partial charge on any atom is -0.316 e. The number of benzene rings is 2. The van der Waals surface area contributed by atoms with Crippen LogP contribution in [0.4, 0.5) is 0 Å². The van der Waals surface area contributed by atoms with Crippen LogP contribution in [0.15, 0.2) is 42.5 Å². The summed E-state index contributed by atoms with van der Waals surface area (Å²) < 4.78 is 0. The fraction of sp³-hybridized carbons (Fsp3) is 0.444. The SMILES string of the molecule is c1ccc2cc(CCNCC3CCCNC3)ccc2c1. The molecule has 1 fully saturated rings. The summed E-state index contributed by atoms with van der Waals surface area (Å²) in [5.41, 5.74) is 1.43. The number of hydrogen-bond acceptors (Lipinski definition) is 2. The molecule has 1 atom stereocenters. The number of nitrogens with one attached hydrogen (secondary N) is 2. The molecule has 1 saturated heterocycles. The normalized spacial score (nSPS) is 19.3. The molecule has 0 aliphatic carbocycles. The molecule has 3 rings (SSSR count). The van der Waals surface area contributed by atoms with Crippen molar-refractivity contribution < 1.29 is 0 Å². The van der Waals surface area contributed by atoms with Crippen molar-refractivity contribution in [2.75, 3.05) is 26.2 Å². The van der Waals surface area contributed by atoms with E-state index in [4.69, 9.17) is 0 Å². The largest absolute Gasteiger partial charge is 0.316 e. The van der Waals surface area contributed by atoms with E-state index in [9.17, 15) is 0 Å². The monoisotopic (exact) mass is 268 g/mol. The second kappa shape index (κ2) is 6.87. The summed E-state index contributed by atoms with van der Waals surface area (Å²) in [5, 5.41) is 9.76. The van der Waals surface area contributed by atoms with Crippen molar-refractivity contribution in [2.45, 2.75) is 19.3 Å². The summed E-state index contributed by atoms with van der Waals surface area (Å²) in [6.07, 6.45) is 3.82. The Kier molecular flexibility index (Phi) is 4.67. The highest BCUT2D eigenvalue weighted by Crippen LogP contribution is 2.15. The highest BCUT2D eigenvalue weighted by molar-refractivity contribution is 5.82. The van der Waals surface area contributed by atoms with Crippen LogP contribution in [0.25, 0.3) is 10.8 Å². The number of hydrogen-bond donors (Lipinski definition) is 2. The first-order valence-corrected chi connectivity index (χ1v) is 7.81. The van der Waals surface area contributed by atoms with E-state index in [-0.39, 0.29) is 0 Å². The second-order valence-electron chi connectivity index (χ2n) is 5.85. The van der Waals surface area contributed by atoms with Crippen LogP contribution in [-0.4, -0.2) is 26.2 Å². The topological polar surface area (TPSA) is 24.1 Å². The Bertz CT molecular complexity index is 544. The Balaban J connectivity index is 1.47.